The molecule has 6 atom stereocenters. The average molecular weight is 1310 g/mol. The van der Waals surface area contributed by atoms with Crippen LogP contribution in [0, 0.1) is 5.92 Å². The van der Waals surface area contributed by atoms with E-state index >= 15 is 0 Å². The second-order valence-electron chi connectivity index (χ2n) is 24.8. The van der Waals surface area contributed by atoms with Gasteiger partial charge in [-0.15, -0.1) is 0 Å². The molecular weight excluding hydrogens is 1170 g/mol. The molecule has 0 aliphatic carbocycles. The summed E-state index contributed by atoms with van der Waals surface area (Å²) < 4.78 is 68.2. The first-order valence-electron chi connectivity index (χ1n) is 36.0. The molecule has 89 heavy (non-hydrogen) atoms. The van der Waals surface area contributed by atoms with Crippen LogP contribution in [0.3, 0.4) is 0 Å². The minimum Gasteiger partial charge on any atom is -0.462 e. The molecule has 0 amide bonds. The Kier molecular flexibility index (Phi) is 61.2. The van der Waals surface area contributed by atoms with Gasteiger partial charge in [-0.3, -0.25) is 37.3 Å². The van der Waals surface area contributed by atoms with Gasteiger partial charge in [0.2, 0.25) is 0 Å². The number of phosphoric acid groups is 2. The SMILES string of the molecule is CCCCCC/C=C\C=C/CCCCCCCC(=O)O[C@H](COC(=O)CCCCCCCCCCCCCCCCC)COP(=O)(O)OC[C@@H](O)COP(=O)(O)OC[C@@H](COC(=O)CCCCCCCCCCC)OC(=O)CCCCCCCCC(C)CC. The third kappa shape index (κ3) is 62.7. The van der Waals surface area contributed by atoms with Gasteiger partial charge >= 0.3 is 39.5 Å². The van der Waals surface area contributed by atoms with Crippen LogP contribution in [0.4, 0.5) is 0 Å². The summed E-state index contributed by atoms with van der Waals surface area (Å²) in [6.45, 7) is 7.11. The Morgan fingerprint density at radius 2 is 0.629 bits per heavy atom. The number of aliphatic hydroxyl groups excluding tert-OH is 1. The Hall–Kier alpha value is -2.46. The van der Waals surface area contributed by atoms with E-state index in [4.69, 9.17) is 37.0 Å². The zero-order valence-electron chi connectivity index (χ0n) is 57.0. The lowest BCUT2D eigenvalue weighted by Gasteiger charge is -2.21. The summed E-state index contributed by atoms with van der Waals surface area (Å²) in [4.78, 5) is 72.4. The van der Waals surface area contributed by atoms with Crippen LogP contribution in [-0.2, 0) is 65.4 Å². The van der Waals surface area contributed by atoms with Crippen LogP contribution in [0.5, 0.6) is 0 Å². The lowest BCUT2D eigenvalue weighted by Crippen LogP contribution is -2.30. The van der Waals surface area contributed by atoms with E-state index in [-0.39, 0.29) is 25.7 Å². The van der Waals surface area contributed by atoms with E-state index < -0.39 is 97.5 Å². The molecule has 0 bridgehead atoms. The predicted molar refractivity (Wildman–Crippen MR) is 358 cm³/mol. The van der Waals surface area contributed by atoms with Crippen LogP contribution in [0.15, 0.2) is 24.3 Å². The van der Waals surface area contributed by atoms with Crippen molar-refractivity contribution in [2.75, 3.05) is 39.6 Å². The van der Waals surface area contributed by atoms with Crippen molar-refractivity contribution in [1.82, 2.24) is 0 Å². The Morgan fingerprint density at radius 1 is 0.360 bits per heavy atom. The van der Waals surface area contributed by atoms with Crippen molar-refractivity contribution in [2.45, 2.75) is 355 Å². The topological polar surface area (TPSA) is 237 Å². The molecule has 0 fully saturated rings. The number of unbranched alkanes of at least 4 members (excludes halogenated alkanes) is 36. The molecule has 0 aliphatic rings. The van der Waals surface area contributed by atoms with Gasteiger partial charge in [0.05, 0.1) is 26.4 Å². The molecule has 0 rings (SSSR count). The smallest absolute Gasteiger partial charge is 0.462 e. The second kappa shape index (κ2) is 63.0. The molecule has 3 unspecified atom stereocenters. The number of ether oxygens (including phenoxy) is 4. The molecule has 3 N–H and O–H groups in total. The van der Waals surface area contributed by atoms with Gasteiger partial charge in [0.25, 0.3) is 0 Å². The van der Waals surface area contributed by atoms with Gasteiger partial charge in [-0.05, 0) is 57.3 Å². The van der Waals surface area contributed by atoms with E-state index in [9.17, 15) is 43.2 Å². The highest BCUT2D eigenvalue weighted by Crippen LogP contribution is 2.45. The number of hydrogen-bond donors (Lipinski definition) is 3. The summed E-state index contributed by atoms with van der Waals surface area (Å²) in [5, 5.41) is 10.6. The molecular formula is C70H132O17P2. The summed E-state index contributed by atoms with van der Waals surface area (Å²) >= 11 is 0. The van der Waals surface area contributed by atoms with Crippen LogP contribution in [0.2, 0.25) is 0 Å². The number of aliphatic hydroxyl groups is 1. The molecule has 0 aromatic rings. The zero-order chi connectivity index (χ0) is 65.6. The first-order valence-corrected chi connectivity index (χ1v) is 39.0. The normalized spacial score (nSPS) is 14.6. The Bertz CT molecular complexity index is 1810. The molecule has 0 aliphatic heterocycles. The quantitative estimate of drug-likeness (QED) is 0.0169. The fraction of sp³-hybridized carbons (Fsp3) is 0.886. The third-order valence-electron chi connectivity index (χ3n) is 16.0. The maximum atomic E-state index is 13.0. The van der Waals surface area contributed by atoms with E-state index in [2.05, 4.69) is 58.9 Å². The summed E-state index contributed by atoms with van der Waals surface area (Å²) in [6, 6.07) is 0. The van der Waals surface area contributed by atoms with Gasteiger partial charge in [-0.25, -0.2) is 9.13 Å². The zero-order valence-corrected chi connectivity index (χ0v) is 58.8. The van der Waals surface area contributed by atoms with Gasteiger partial charge in [0.15, 0.2) is 12.2 Å². The number of allylic oxidation sites excluding steroid dienone is 4. The van der Waals surface area contributed by atoms with Crippen molar-refractivity contribution in [3.8, 4) is 0 Å². The minimum atomic E-state index is -4.96. The maximum absolute atomic E-state index is 13.0. The fourth-order valence-electron chi connectivity index (χ4n) is 10.1. The number of phosphoric ester groups is 2. The van der Waals surface area contributed by atoms with Crippen molar-refractivity contribution in [2.24, 2.45) is 5.92 Å². The van der Waals surface area contributed by atoms with Crippen molar-refractivity contribution < 1.29 is 80.2 Å². The summed E-state index contributed by atoms with van der Waals surface area (Å²) in [6.07, 6.45) is 52.2. The van der Waals surface area contributed by atoms with Gasteiger partial charge in [0.1, 0.15) is 19.3 Å². The van der Waals surface area contributed by atoms with Crippen LogP contribution < -0.4 is 0 Å². The molecule has 0 saturated carbocycles. The van der Waals surface area contributed by atoms with Crippen LogP contribution in [-0.4, -0.2) is 96.7 Å². The van der Waals surface area contributed by atoms with E-state index in [1.165, 1.54) is 148 Å². The molecule has 0 aromatic heterocycles. The highest BCUT2D eigenvalue weighted by molar-refractivity contribution is 7.47. The van der Waals surface area contributed by atoms with Crippen molar-refractivity contribution in [3.05, 3.63) is 24.3 Å². The summed E-state index contributed by atoms with van der Waals surface area (Å²) in [5.74, 6) is -1.44. The molecule has 0 aromatic carbocycles. The van der Waals surface area contributed by atoms with Crippen molar-refractivity contribution >= 4 is 39.5 Å². The van der Waals surface area contributed by atoms with E-state index in [0.29, 0.717) is 25.7 Å². The van der Waals surface area contributed by atoms with Gasteiger partial charge in [-0.1, -0.05) is 284 Å². The van der Waals surface area contributed by atoms with Crippen LogP contribution in [0.1, 0.15) is 336 Å². The molecule has 17 nitrogen and oxygen atoms in total. The third-order valence-corrected chi connectivity index (χ3v) is 17.9. The van der Waals surface area contributed by atoms with Gasteiger partial charge in [0, 0.05) is 25.7 Å². The first-order chi connectivity index (χ1) is 43.1. The highest BCUT2D eigenvalue weighted by Gasteiger charge is 2.30. The molecule has 0 radical (unpaired) electrons. The largest absolute Gasteiger partial charge is 0.472 e. The molecule has 19 heteroatoms. The van der Waals surface area contributed by atoms with Crippen LogP contribution >= 0.6 is 15.6 Å². The van der Waals surface area contributed by atoms with Crippen LogP contribution in [0.25, 0.3) is 0 Å². The van der Waals surface area contributed by atoms with Crippen molar-refractivity contribution in [1.29, 1.82) is 0 Å². The summed E-state index contributed by atoms with van der Waals surface area (Å²) in [7, 11) is -9.91. The standard InChI is InChI=1S/C70H132O17P2/c1-6-10-13-16-19-22-24-26-28-30-32-35-38-44-49-54-68(73)81-59-65(86-69(74)55-50-45-39-36-33-31-29-27-25-23-20-17-14-11-7-2)61-84-88(76,77)82-57-64(71)58-83-89(78,79)85-62-66(60-80-67(72)53-48-43-37-34-21-18-15-12-8-3)87-70(75)56-51-46-41-40-42-47-52-63(5)9-4/h23,25,27,29,63-66,71H,6-22,24,26,28,30-62H2,1-5H3,(H,76,77)(H,78,79)/b25-23-,29-27-/t63?,64-,65-,66-/m1/s1. The van der Waals surface area contributed by atoms with Gasteiger partial charge < -0.3 is 33.8 Å². The van der Waals surface area contributed by atoms with E-state index in [0.717, 1.165) is 109 Å². The first kappa shape index (κ1) is 86.5. The molecule has 0 heterocycles. The number of carbonyl (C=O) groups excluding carboxylic acids is 4. The number of carbonyl (C=O) groups is 4. The Labute approximate surface area is 542 Å². The fourth-order valence-corrected chi connectivity index (χ4v) is 11.6. The van der Waals surface area contributed by atoms with E-state index in [1.54, 1.807) is 0 Å². The molecule has 0 spiro atoms. The second-order valence-corrected chi connectivity index (χ2v) is 27.7. The maximum Gasteiger partial charge on any atom is 0.472 e. The average Bonchev–Trinajstić information content (AvgIpc) is 3.65. The molecule has 0 saturated heterocycles. The number of hydrogen-bond acceptors (Lipinski definition) is 15. The van der Waals surface area contributed by atoms with Crippen molar-refractivity contribution in [3.63, 3.8) is 0 Å². The molecule has 524 valence electrons. The predicted octanol–water partition coefficient (Wildman–Crippen LogP) is 19.7. The number of esters is 4. The lowest BCUT2D eigenvalue weighted by atomic mass is 10.00. The van der Waals surface area contributed by atoms with E-state index in [1.807, 2.05) is 0 Å². The minimum absolute atomic E-state index is 0.0854. The Balaban J connectivity index is 5.27. The van der Waals surface area contributed by atoms with Gasteiger partial charge in [-0.2, -0.15) is 0 Å². The highest BCUT2D eigenvalue weighted by atomic mass is 31.2. The monoisotopic (exact) mass is 1310 g/mol. The lowest BCUT2D eigenvalue weighted by molar-refractivity contribution is -0.161. The summed E-state index contributed by atoms with van der Waals surface area (Å²) in [5.41, 5.74) is 0. The Morgan fingerprint density at radius 3 is 0.955 bits per heavy atom. The number of rotatable bonds is 68.